The minimum absolute atomic E-state index is 0.0151. The Balaban J connectivity index is 1.58. The van der Waals surface area contributed by atoms with Crippen molar-refractivity contribution in [1.82, 2.24) is 9.88 Å². The van der Waals surface area contributed by atoms with Gasteiger partial charge in [-0.05, 0) is 30.7 Å². The van der Waals surface area contributed by atoms with Crippen molar-refractivity contribution in [1.29, 1.82) is 0 Å². The molecule has 138 valence electrons. The summed E-state index contributed by atoms with van der Waals surface area (Å²) in [5.74, 6) is 1.99. The average Bonchev–Trinajstić information content (AvgIpc) is 3.10. The fraction of sp³-hybridized carbons (Fsp3) is 0.400. The molecule has 1 aliphatic heterocycles. The molecule has 6 nitrogen and oxygen atoms in total. The molecule has 1 aromatic heterocycles. The zero-order chi connectivity index (χ0) is 18.5. The van der Waals surface area contributed by atoms with E-state index >= 15 is 0 Å². The van der Waals surface area contributed by atoms with Crippen LogP contribution in [0.2, 0.25) is 0 Å². The molecule has 1 saturated heterocycles. The van der Waals surface area contributed by atoms with Crippen LogP contribution in [0.5, 0.6) is 17.4 Å². The Morgan fingerprint density at radius 3 is 2.73 bits per heavy atom. The molecular weight excluding hydrogens is 332 g/mol. The van der Waals surface area contributed by atoms with Gasteiger partial charge >= 0.3 is 0 Å². The highest BCUT2D eigenvalue weighted by Gasteiger charge is 2.28. The van der Waals surface area contributed by atoms with Gasteiger partial charge in [0.15, 0.2) is 11.5 Å². The Kier molecular flexibility index (Phi) is 5.61. The van der Waals surface area contributed by atoms with Gasteiger partial charge in [-0.2, -0.15) is 0 Å². The minimum atomic E-state index is -0.0151. The molecule has 0 aliphatic carbocycles. The number of methoxy groups -OCH3 is 2. The maximum atomic E-state index is 12.6. The molecule has 6 heteroatoms. The molecule has 26 heavy (non-hydrogen) atoms. The van der Waals surface area contributed by atoms with Crippen LogP contribution in [0.1, 0.15) is 17.7 Å². The van der Waals surface area contributed by atoms with Crippen LogP contribution < -0.4 is 14.2 Å². The largest absolute Gasteiger partial charge is 0.493 e. The van der Waals surface area contributed by atoms with Crippen LogP contribution >= 0.6 is 0 Å². The predicted octanol–water partition coefficient (Wildman–Crippen LogP) is 2.63. The van der Waals surface area contributed by atoms with E-state index in [0.29, 0.717) is 36.9 Å². The number of likely N-dealkylation sites (tertiary alicyclic amines) is 1. The number of ether oxygens (including phenoxy) is 3. The van der Waals surface area contributed by atoms with E-state index in [9.17, 15) is 4.79 Å². The van der Waals surface area contributed by atoms with Crippen molar-refractivity contribution in [2.75, 3.05) is 27.3 Å². The fourth-order valence-corrected chi connectivity index (χ4v) is 3.08. The van der Waals surface area contributed by atoms with E-state index in [-0.39, 0.29) is 12.0 Å². The molecule has 1 atom stereocenters. The summed E-state index contributed by atoms with van der Waals surface area (Å²) in [6.45, 7) is 3.21. The van der Waals surface area contributed by atoms with Crippen LogP contribution in [-0.2, 0) is 11.2 Å². The number of aryl methyl sites for hydroxylation is 1. The quantitative estimate of drug-likeness (QED) is 0.796. The molecule has 1 fully saturated rings. The van der Waals surface area contributed by atoms with E-state index in [2.05, 4.69) is 4.98 Å². The monoisotopic (exact) mass is 356 g/mol. The van der Waals surface area contributed by atoms with E-state index in [1.54, 1.807) is 14.2 Å². The third-order valence-electron chi connectivity index (χ3n) is 4.45. The third kappa shape index (κ3) is 4.25. The summed E-state index contributed by atoms with van der Waals surface area (Å²) in [5.41, 5.74) is 1.82. The van der Waals surface area contributed by atoms with E-state index in [4.69, 9.17) is 14.2 Å². The summed E-state index contributed by atoms with van der Waals surface area (Å²) in [6.07, 6.45) is 1.13. The van der Waals surface area contributed by atoms with E-state index in [1.807, 2.05) is 48.2 Å². The van der Waals surface area contributed by atoms with Gasteiger partial charge in [-0.25, -0.2) is 4.98 Å². The molecule has 1 aromatic carbocycles. The van der Waals surface area contributed by atoms with Crippen LogP contribution in [-0.4, -0.2) is 49.2 Å². The fourth-order valence-electron chi connectivity index (χ4n) is 3.08. The van der Waals surface area contributed by atoms with E-state index < -0.39 is 0 Å². The van der Waals surface area contributed by atoms with Crippen molar-refractivity contribution < 1.29 is 19.0 Å². The molecule has 2 aromatic rings. The summed E-state index contributed by atoms with van der Waals surface area (Å²) < 4.78 is 16.4. The zero-order valence-corrected chi connectivity index (χ0v) is 15.4. The van der Waals surface area contributed by atoms with Crippen molar-refractivity contribution in [2.45, 2.75) is 25.9 Å². The third-order valence-corrected chi connectivity index (χ3v) is 4.45. The highest BCUT2D eigenvalue weighted by Crippen LogP contribution is 2.28. The first-order valence-corrected chi connectivity index (χ1v) is 8.68. The second-order valence-electron chi connectivity index (χ2n) is 6.35. The molecular formula is C20H24N2O4. The normalized spacial score (nSPS) is 16.4. The molecule has 2 heterocycles. The Hall–Kier alpha value is -2.76. The lowest BCUT2D eigenvalue weighted by atomic mass is 10.1. The SMILES string of the molecule is COc1ccc(CC(=O)N2CCC(Oc3cccc(C)n3)C2)cc1OC. The standard InChI is InChI=1S/C20H24N2O4/c1-14-5-4-6-19(21-14)26-16-9-10-22(13-16)20(23)12-15-7-8-17(24-2)18(11-15)25-3/h4-8,11,16H,9-10,12-13H2,1-3H3. The number of nitrogens with zero attached hydrogens (tertiary/aromatic N) is 2. The lowest BCUT2D eigenvalue weighted by Crippen LogP contribution is -2.32. The second-order valence-corrected chi connectivity index (χ2v) is 6.35. The summed E-state index contributed by atoms with van der Waals surface area (Å²) >= 11 is 0. The Morgan fingerprint density at radius 2 is 2.00 bits per heavy atom. The highest BCUT2D eigenvalue weighted by molar-refractivity contribution is 5.79. The van der Waals surface area contributed by atoms with Gasteiger partial charge in [-0.15, -0.1) is 0 Å². The summed E-state index contributed by atoms with van der Waals surface area (Å²) in [4.78, 5) is 18.8. The molecule has 0 radical (unpaired) electrons. The second kappa shape index (κ2) is 8.08. The molecule has 1 unspecified atom stereocenters. The van der Waals surface area contributed by atoms with Crippen LogP contribution in [0.4, 0.5) is 0 Å². The number of hydrogen-bond donors (Lipinski definition) is 0. The molecule has 0 bridgehead atoms. The maximum Gasteiger partial charge on any atom is 0.227 e. The van der Waals surface area contributed by atoms with Crippen molar-refractivity contribution in [2.24, 2.45) is 0 Å². The van der Waals surface area contributed by atoms with Crippen LogP contribution in [0.25, 0.3) is 0 Å². The van der Waals surface area contributed by atoms with Gasteiger partial charge in [0.2, 0.25) is 11.8 Å². The highest BCUT2D eigenvalue weighted by atomic mass is 16.5. The molecule has 0 saturated carbocycles. The first-order chi connectivity index (χ1) is 12.6. The lowest BCUT2D eigenvalue weighted by Gasteiger charge is -2.17. The van der Waals surface area contributed by atoms with Gasteiger partial charge < -0.3 is 19.1 Å². The summed E-state index contributed by atoms with van der Waals surface area (Å²) in [6, 6.07) is 11.3. The summed E-state index contributed by atoms with van der Waals surface area (Å²) in [7, 11) is 3.18. The number of hydrogen-bond acceptors (Lipinski definition) is 5. The maximum absolute atomic E-state index is 12.6. The average molecular weight is 356 g/mol. The molecule has 0 N–H and O–H groups in total. The molecule has 3 rings (SSSR count). The van der Waals surface area contributed by atoms with Gasteiger partial charge in [0.25, 0.3) is 0 Å². The number of rotatable bonds is 6. The number of amides is 1. The van der Waals surface area contributed by atoms with E-state index in [1.165, 1.54) is 0 Å². The van der Waals surface area contributed by atoms with Gasteiger partial charge in [0.1, 0.15) is 6.10 Å². The molecule has 1 aliphatic rings. The van der Waals surface area contributed by atoms with Crippen molar-refractivity contribution in [3.63, 3.8) is 0 Å². The van der Waals surface area contributed by atoms with Gasteiger partial charge in [-0.3, -0.25) is 4.79 Å². The first-order valence-electron chi connectivity index (χ1n) is 8.68. The van der Waals surface area contributed by atoms with Crippen LogP contribution in [0, 0.1) is 6.92 Å². The van der Waals surface area contributed by atoms with Crippen LogP contribution in [0.15, 0.2) is 36.4 Å². The predicted molar refractivity (Wildman–Crippen MR) is 97.8 cm³/mol. The Bertz CT molecular complexity index is 778. The van der Waals surface area contributed by atoms with Crippen molar-refractivity contribution in [3.05, 3.63) is 47.7 Å². The zero-order valence-electron chi connectivity index (χ0n) is 15.4. The summed E-state index contributed by atoms with van der Waals surface area (Å²) in [5, 5.41) is 0. The Morgan fingerprint density at radius 1 is 1.19 bits per heavy atom. The molecule has 0 spiro atoms. The lowest BCUT2D eigenvalue weighted by molar-refractivity contribution is -0.129. The number of carbonyl (C=O) groups excluding carboxylic acids is 1. The van der Waals surface area contributed by atoms with Gasteiger partial charge in [0.05, 0.1) is 27.2 Å². The number of carbonyl (C=O) groups is 1. The topological polar surface area (TPSA) is 60.9 Å². The van der Waals surface area contributed by atoms with Crippen molar-refractivity contribution >= 4 is 5.91 Å². The van der Waals surface area contributed by atoms with Gasteiger partial charge in [0, 0.05) is 24.7 Å². The molecule has 1 amide bonds. The van der Waals surface area contributed by atoms with Crippen molar-refractivity contribution in [3.8, 4) is 17.4 Å². The Labute approximate surface area is 153 Å². The number of aromatic nitrogens is 1. The number of benzene rings is 1. The van der Waals surface area contributed by atoms with E-state index in [0.717, 1.165) is 17.7 Å². The number of pyridine rings is 1. The van der Waals surface area contributed by atoms with Crippen LogP contribution in [0.3, 0.4) is 0 Å². The minimum Gasteiger partial charge on any atom is -0.493 e. The smallest absolute Gasteiger partial charge is 0.227 e. The first kappa shape index (κ1) is 18.0. The van der Waals surface area contributed by atoms with Gasteiger partial charge in [-0.1, -0.05) is 12.1 Å².